The minimum absolute atomic E-state index is 0.986. The van der Waals surface area contributed by atoms with E-state index in [0.29, 0.717) is 0 Å². The van der Waals surface area contributed by atoms with Crippen LogP contribution in [0.2, 0.25) is 0 Å². The van der Waals surface area contributed by atoms with E-state index in [1.54, 1.807) is 18.9 Å². The Hall–Kier alpha value is -1.71. The van der Waals surface area contributed by atoms with Gasteiger partial charge in [-0.25, -0.2) is 0 Å². The second kappa shape index (κ2) is 5.11. The highest BCUT2D eigenvalue weighted by Gasteiger charge is 1.95. The minimum atomic E-state index is 0.986. The molecule has 2 aromatic heterocycles. The molecule has 0 saturated carbocycles. The topological polar surface area (TPSA) is 43.6 Å². The summed E-state index contributed by atoms with van der Waals surface area (Å²) in [6.07, 6.45) is 6.89. The van der Waals surface area contributed by atoms with Gasteiger partial charge in [0.25, 0.3) is 0 Å². The van der Waals surface area contributed by atoms with Gasteiger partial charge in [-0.05, 0) is 18.6 Å². The summed E-state index contributed by atoms with van der Waals surface area (Å²) >= 11 is 0. The molecular formula is C10H14N4. The Kier molecular flexibility index (Phi) is 3.79. The molecule has 4 heteroatoms. The van der Waals surface area contributed by atoms with Crippen molar-refractivity contribution < 1.29 is 0 Å². The molecule has 0 aliphatic heterocycles. The molecule has 4 nitrogen and oxygen atoms in total. The molecule has 2 rings (SSSR count). The number of pyridine rings is 1. The molecule has 0 bridgehead atoms. The fraction of sp³-hybridized carbons (Fsp3) is 0.300. The Bertz CT molecular complexity index is 367. The van der Waals surface area contributed by atoms with Crippen molar-refractivity contribution in [1.29, 1.82) is 0 Å². The van der Waals surface area contributed by atoms with Gasteiger partial charge in [-0.1, -0.05) is 13.8 Å². The Morgan fingerprint density at radius 1 is 1.07 bits per heavy atom. The first-order chi connectivity index (χ1) is 6.86. The molecule has 2 aromatic rings. The average Bonchev–Trinajstić information content (AvgIpc) is 2.74. The summed E-state index contributed by atoms with van der Waals surface area (Å²) in [5.74, 6) is 0. The highest BCUT2D eigenvalue weighted by molar-refractivity contribution is 5.30. The normalized spacial score (nSPS) is 9.07. The number of aromatic nitrogens is 4. The summed E-state index contributed by atoms with van der Waals surface area (Å²) in [7, 11) is 0. The van der Waals surface area contributed by atoms with Crippen molar-refractivity contribution in [3.8, 4) is 5.69 Å². The first kappa shape index (κ1) is 10.4. The average molecular weight is 190 g/mol. The molecule has 0 atom stereocenters. The maximum atomic E-state index is 4.06. The molecule has 0 radical (unpaired) electrons. The summed E-state index contributed by atoms with van der Waals surface area (Å²) in [6.45, 7) is 6.00. The summed E-state index contributed by atoms with van der Waals surface area (Å²) < 4.78 is 1.82. The zero-order valence-corrected chi connectivity index (χ0v) is 8.68. The van der Waals surface area contributed by atoms with Gasteiger partial charge in [-0.2, -0.15) is 0 Å². The molecule has 0 aliphatic carbocycles. The molecule has 0 saturated heterocycles. The van der Waals surface area contributed by atoms with Crippen LogP contribution in [-0.2, 0) is 0 Å². The molecule has 0 aliphatic rings. The van der Waals surface area contributed by atoms with Crippen molar-refractivity contribution >= 4 is 0 Å². The largest absolute Gasteiger partial charge is 0.287 e. The van der Waals surface area contributed by atoms with Crippen LogP contribution in [0.1, 0.15) is 19.4 Å². The number of aryl methyl sites for hydroxylation is 1. The van der Waals surface area contributed by atoms with Crippen LogP contribution in [0.3, 0.4) is 0 Å². The van der Waals surface area contributed by atoms with E-state index in [4.69, 9.17) is 0 Å². The SMILES string of the molecule is CC.Cc1cncc(-n2cnnc2)c1. The van der Waals surface area contributed by atoms with Crippen molar-refractivity contribution in [2.45, 2.75) is 20.8 Å². The Balaban J connectivity index is 0.000000461. The predicted molar refractivity (Wildman–Crippen MR) is 55.2 cm³/mol. The quantitative estimate of drug-likeness (QED) is 0.690. The zero-order valence-electron chi connectivity index (χ0n) is 8.68. The number of nitrogens with zero attached hydrogens (tertiary/aromatic N) is 4. The monoisotopic (exact) mass is 190 g/mol. The van der Waals surface area contributed by atoms with Gasteiger partial charge in [0, 0.05) is 6.20 Å². The van der Waals surface area contributed by atoms with E-state index in [1.807, 2.05) is 37.6 Å². The Morgan fingerprint density at radius 3 is 2.29 bits per heavy atom. The van der Waals surface area contributed by atoms with Crippen LogP contribution in [0, 0.1) is 6.92 Å². The molecule has 74 valence electrons. The van der Waals surface area contributed by atoms with Gasteiger partial charge >= 0.3 is 0 Å². The third-order valence-corrected chi connectivity index (χ3v) is 1.58. The first-order valence-electron chi connectivity index (χ1n) is 4.63. The van der Waals surface area contributed by atoms with Crippen LogP contribution in [0.4, 0.5) is 0 Å². The summed E-state index contributed by atoms with van der Waals surface area (Å²) in [5, 5.41) is 7.43. The van der Waals surface area contributed by atoms with E-state index in [-0.39, 0.29) is 0 Å². The van der Waals surface area contributed by atoms with Gasteiger partial charge in [-0.3, -0.25) is 9.55 Å². The van der Waals surface area contributed by atoms with Crippen molar-refractivity contribution in [3.05, 3.63) is 36.7 Å². The van der Waals surface area contributed by atoms with Crippen LogP contribution in [0.5, 0.6) is 0 Å². The van der Waals surface area contributed by atoms with Crippen LogP contribution in [0.15, 0.2) is 31.1 Å². The lowest BCUT2D eigenvalue weighted by molar-refractivity contribution is 1.03. The van der Waals surface area contributed by atoms with Gasteiger partial charge in [0.05, 0.1) is 11.9 Å². The van der Waals surface area contributed by atoms with Crippen molar-refractivity contribution in [2.24, 2.45) is 0 Å². The summed E-state index contributed by atoms with van der Waals surface area (Å²) in [5.41, 5.74) is 2.11. The van der Waals surface area contributed by atoms with Gasteiger partial charge in [-0.15, -0.1) is 10.2 Å². The molecule has 0 unspecified atom stereocenters. The third kappa shape index (κ3) is 2.39. The summed E-state index contributed by atoms with van der Waals surface area (Å²) in [6, 6.07) is 2.02. The lowest BCUT2D eigenvalue weighted by Crippen LogP contribution is -1.91. The fourth-order valence-corrected chi connectivity index (χ4v) is 1.01. The molecule has 0 spiro atoms. The molecule has 0 N–H and O–H groups in total. The van der Waals surface area contributed by atoms with E-state index in [1.165, 1.54) is 0 Å². The van der Waals surface area contributed by atoms with Crippen molar-refractivity contribution in [1.82, 2.24) is 19.7 Å². The lowest BCUT2D eigenvalue weighted by Gasteiger charge is -1.99. The van der Waals surface area contributed by atoms with E-state index >= 15 is 0 Å². The van der Waals surface area contributed by atoms with Crippen LogP contribution < -0.4 is 0 Å². The van der Waals surface area contributed by atoms with E-state index < -0.39 is 0 Å². The third-order valence-electron chi connectivity index (χ3n) is 1.58. The van der Waals surface area contributed by atoms with Gasteiger partial charge in [0.1, 0.15) is 12.7 Å². The second-order valence-electron chi connectivity index (χ2n) is 2.59. The first-order valence-corrected chi connectivity index (χ1v) is 4.63. The fourth-order valence-electron chi connectivity index (χ4n) is 1.01. The summed E-state index contributed by atoms with van der Waals surface area (Å²) in [4.78, 5) is 4.06. The number of hydrogen-bond acceptors (Lipinski definition) is 3. The zero-order chi connectivity index (χ0) is 10.4. The van der Waals surface area contributed by atoms with Gasteiger partial charge < -0.3 is 0 Å². The lowest BCUT2D eigenvalue weighted by atomic mass is 10.3. The molecule has 2 heterocycles. The van der Waals surface area contributed by atoms with Crippen molar-refractivity contribution in [2.75, 3.05) is 0 Å². The van der Waals surface area contributed by atoms with E-state index in [2.05, 4.69) is 15.2 Å². The van der Waals surface area contributed by atoms with Gasteiger partial charge in [0.15, 0.2) is 0 Å². The maximum absolute atomic E-state index is 4.06. The highest BCUT2D eigenvalue weighted by atomic mass is 15.2. The standard InChI is InChI=1S/C8H8N4.C2H6/c1-7-2-8(4-9-3-7)12-5-10-11-6-12;1-2/h2-6H,1H3;1-2H3. The molecule has 0 amide bonds. The van der Waals surface area contributed by atoms with E-state index in [0.717, 1.165) is 11.3 Å². The molecule has 14 heavy (non-hydrogen) atoms. The minimum Gasteiger partial charge on any atom is -0.287 e. The second-order valence-corrected chi connectivity index (χ2v) is 2.59. The Labute approximate surface area is 83.6 Å². The van der Waals surface area contributed by atoms with Crippen LogP contribution in [0.25, 0.3) is 5.69 Å². The smallest absolute Gasteiger partial charge is 0.123 e. The number of hydrogen-bond donors (Lipinski definition) is 0. The number of rotatable bonds is 1. The highest BCUT2D eigenvalue weighted by Crippen LogP contribution is 2.05. The van der Waals surface area contributed by atoms with Crippen molar-refractivity contribution in [3.63, 3.8) is 0 Å². The molecule has 0 fully saturated rings. The molecule has 0 aromatic carbocycles. The Morgan fingerprint density at radius 2 is 1.71 bits per heavy atom. The molecular weight excluding hydrogens is 176 g/mol. The van der Waals surface area contributed by atoms with Crippen LogP contribution >= 0.6 is 0 Å². The predicted octanol–water partition coefficient (Wildman–Crippen LogP) is 2.00. The van der Waals surface area contributed by atoms with E-state index in [9.17, 15) is 0 Å². The van der Waals surface area contributed by atoms with Crippen LogP contribution in [-0.4, -0.2) is 19.7 Å². The van der Waals surface area contributed by atoms with Gasteiger partial charge in [0.2, 0.25) is 0 Å². The maximum Gasteiger partial charge on any atom is 0.123 e.